The zero-order valence-corrected chi connectivity index (χ0v) is 14.7. The molecular weight excluding hydrogens is 337 g/mol. The van der Waals surface area contributed by atoms with Crippen LogP contribution >= 0.6 is 23.2 Å². The van der Waals surface area contributed by atoms with Gasteiger partial charge in [-0.25, -0.2) is 0 Å². The van der Waals surface area contributed by atoms with Crippen LogP contribution in [0.3, 0.4) is 0 Å². The number of fused-ring (bicyclic) bond motifs is 2. The van der Waals surface area contributed by atoms with Crippen molar-refractivity contribution in [3.05, 3.63) is 21.7 Å². The lowest BCUT2D eigenvalue weighted by atomic mass is 9.97. The molecule has 2 saturated heterocycles. The van der Waals surface area contributed by atoms with Crippen molar-refractivity contribution in [3.63, 3.8) is 0 Å². The van der Waals surface area contributed by atoms with Crippen LogP contribution in [0, 0.1) is 0 Å². The SMILES string of the molecule is COc1c(C(=O)NC2CC3CCC(C2)N3C)cc(Cl)c(N)c1Cl. The molecular formula is C16H21Cl2N3O2. The van der Waals surface area contributed by atoms with Crippen LogP contribution in [0.1, 0.15) is 36.0 Å². The average molecular weight is 358 g/mol. The van der Waals surface area contributed by atoms with Gasteiger partial charge in [0.25, 0.3) is 5.91 Å². The third-order valence-electron chi connectivity index (χ3n) is 5.09. The average Bonchev–Trinajstić information content (AvgIpc) is 2.74. The molecule has 2 atom stereocenters. The summed E-state index contributed by atoms with van der Waals surface area (Å²) in [4.78, 5) is 15.1. The Morgan fingerprint density at radius 3 is 2.52 bits per heavy atom. The number of benzene rings is 1. The molecule has 0 aromatic heterocycles. The Kier molecular flexibility index (Phi) is 4.63. The molecule has 0 saturated carbocycles. The molecule has 0 spiro atoms. The van der Waals surface area contributed by atoms with E-state index in [4.69, 9.17) is 33.7 Å². The number of halogens is 2. The number of anilines is 1. The number of ether oxygens (including phenoxy) is 1. The number of piperidine rings is 1. The van der Waals surface area contributed by atoms with Gasteiger partial charge in [-0.2, -0.15) is 0 Å². The predicted molar refractivity (Wildman–Crippen MR) is 92.5 cm³/mol. The van der Waals surface area contributed by atoms with Crippen molar-refractivity contribution >= 4 is 34.8 Å². The fraction of sp³-hybridized carbons (Fsp3) is 0.562. The lowest BCUT2D eigenvalue weighted by molar-refractivity contribution is 0.0879. The summed E-state index contributed by atoms with van der Waals surface area (Å²) in [6.45, 7) is 0. The Morgan fingerprint density at radius 1 is 1.35 bits per heavy atom. The minimum absolute atomic E-state index is 0.163. The third-order valence-corrected chi connectivity index (χ3v) is 5.78. The maximum atomic E-state index is 12.7. The van der Waals surface area contributed by atoms with E-state index in [2.05, 4.69) is 17.3 Å². The Morgan fingerprint density at radius 2 is 1.96 bits per heavy atom. The van der Waals surface area contributed by atoms with E-state index in [0.717, 1.165) is 12.8 Å². The summed E-state index contributed by atoms with van der Waals surface area (Å²) in [6, 6.07) is 2.79. The van der Waals surface area contributed by atoms with Crippen LogP contribution in [0.5, 0.6) is 5.75 Å². The van der Waals surface area contributed by atoms with Crippen LogP contribution < -0.4 is 15.8 Å². The summed E-state index contributed by atoms with van der Waals surface area (Å²) in [5.74, 6) is 0.0431. The highest BCUT2D eigenvalue weighted by atomic mass is 35.5. The number of carbonyl (C=O) groups excluding carboxylic acids is 1. The zero-order chi connectivity index (χ0) is 16.7. The monoisotopic (exact) mass is 357 g/mol. The van der Waals surface area contributed by atoms with Crippen molar-refractivity contribution in [1.82, 2.24) is 10.2 Å². The highest BCUT2D eigenvalue weighted by molar-refractivity contribution is 6.40. The number of rotatable bonds is 3. The van der Waals surface area contributed by atoms with E-state index >= 15 is 0 Å². The van der Waals surface area contributed by atoms with E-state index in [1.54, 1.807) is 0 Å². The van der Waals surface area contributed by atoms with Gasteiger partial charge in [0, 0.05) is 18.1 Å². The van der Waals surface area contributed by atoms with Crippen LogP contribution in [-0.4, -0.2) is 43.1 Å². The first-order valence-corrected chi connectivity index (χ1v) is 8.52. The van der Waals surface area contributed by atoms with E-state index in [1.165, 1.54) is 26.0 Å². The normalized spacial score (nSPS) is 27.0. The largest absolute Gasteiger partial charge is 0.494 e. The Labute approximate surface area is 146 Å². The van der Waals surface area contributed by atoms with E-state index in [1.807, 2.05) is 0 Å². The molecule has 2 aliphatic rings. The molecule has 0 radical (unpaired) electrons. The lowest BCUT2D eigenvalue weighted by Gasteiger charge is -2.36. The number of amides is 1. The molecule has 2 heterocycles. The highest BCUT2D eigenvalue weighted by Crippen LogP contribution is 2.39. The van der Waals surface area contributed by atoms with Gasteiger partial charge in [-0.1, -0.05) is 23.2 Å². The smallest absolute Gasteiger partial charge is 0.255 e. The first-order chi connectivity index (χ1) is 10.9. The van der Waals surface area contributed by atoms with Gasteiger partial charge in [0.15, 0.2) is 5.75 Å². The molecule has 1 amide bonds. The number of methoxy groups -OCH3 is 1. The molecule has 7 heteroatoms. The summed E-state index contributed by atoms with van der Waals surface area (Å²) in [6.07, 6.45) is 4.35. The van der Waals surface area contributed by atoms with Crippen molar-refractivity contribution in [2.75, 3.05) is 19.9 Å². The van der Waals surface area contributed by atoms with Crippen LogP contribution in [0.25, 0.3) is 0 Å². The molecule has 5 nitrogen and oxygen atoms in total. The molecule has 1 aromatic carbocycles. The first kappa shape index (κ1) is 16.7. The maximum Gasteiger partial charge on any atom is 0.255 e. The third kappa shape index (κ3) is 2.97. The van der Waals surface area contributed by atoms with Gasteiger partial charge in [0.1, 0.15) is 5.02 Å². The Bertz CT molecular complexity index is 624. The molecule has 2 aliphatic heterocycles. The number of nitrogens with zero attached hydrogens (tertiary/aromatic N) is 1. The Balaban J connectivity index is 1.79. The molecule has 0 aliphatic carbocycles. The second-order valence-corrected chi connectivity index (χ2v) is 7.14. The van der Waals surface area contributed by atoms with Crippen LogP contribution in [-0.2, 0) is 0 Å². The first-order valence-electron chi connectivity index (χ1n) is 7.76. The number of hydrogen-bond acceptors (Lipinski definition) is 4. The predicted octanol–water partition coefficient (Wildman–Crippen LogP) is 2.94. The standard InChI is InChI=1S/C16H21Cl2N3O2/c1-21-9-3-4-10(21)6-8(5-9)20-16(22)11-7-12(17)14(19)13(18)15(11)23-2/h7-10H,3-6,19H2,1-2H3,(H,20,22). The second-order valence-electron chi connectivity index (χ2n) is 6.36. The number of nitrogens with one attached hydrogen (secondary N) is 1. The van der Waals surface area contributed by atoms with Crippen LogP contribution in [0.4, 0.5) is 5.69 Å². The van der Waals surface area contributed by atoms with Crippen molar-refractivity contribution in [2.45, 2.75) is 43.8 Å². The molecule has 23 heavy (non-hydrogen) atoms. The van der Waals surface area contributed by atoms with E-state index in [0.29, 0.717) is 17.6 Å². The summed E-state index contributed by atoms with van der Waals surface area (Å²) < 4.78 is 5.25. The summed E-state index contributed by atoms with van der Waals surface area (Å²) in [5.41, 5.74) is 6.33. The second kappa shape index (κ2) is 6.38. The molecule has 1 aromatic rings. The molecule has 126 valence electrons. The van der Waals surface area contributed by atoms with Crippen LogP contribution in [0.15, 0.2) is 6.07 Å². The minimum atomic E-state index is -0.223. The number of hydrogen-bond donors (Lipinski definition) is 2. The fourth-order valence-electron chi connectivity index (χ4n) is 3.78. The number of carbonyl (C=O) groups is 1. The van der Waals surface area contributed by atoms with Gasteiger partial charge in [-0.15, -0.1) is 0 Å². The number of nitrogen functional groups attached to an aromatic ring is 1. The molecule has 3 N–H and O–H groups in total. The summed E-state index contributed by atoms with van der Waals surface area (Å²) >= 11 is 12.2. The Hall–Kier alpha value is -1.17. The molecule has 3 rings (SSSR count). The van der Waals surface area contributed by atoms with Crippen molar-refractivity contribution in [2.24, 2.45) is 0 Å². The van der Waals surface area contributed by atoms with Crippen molar-refractivity contribution < 1.29 is 9.53 Å². The van der Waals surface area contributed by atoms with Crippen molar-refractivity contribution in [3.8, 4) is 5.75 Å². The van der Waals surface area contributed by atoms with E-state index in [-0.39, 0.29) is 33.4 Å². The highest BCUT2D eigenvalue weighted by Gasteiger charge is 2.39. The van der Waals surface area contributed by atoms with E-state index in [9.17, 15) is 4.79 Å². The summed E-state index contributed by atoms with van der Waals surface area (Å²) in [5, 5.41) is 3.53. The van der Waals surface area contributed by atoms with Gasteiger partial charge >= 0.3 is 0 Å². The van der Waals surface area contributed by atoms with Gasteiger partial charge in [-0.05, 0) is 38.8 Å². The number of nitrogens with two attached hydrogens (primary N) is 1. The van der Waals surface area contributed by atoms with Crippen molar-refractivity contribution in [1.29, 1.82) is 0 Å². The van der Waals surface area contributed by atoms with Crippen LogP contribution in [0.2, 0.25) is 10.0 Å². The molecule has 2 bridgehead atoms. The zero-order valence-electron chi connectivity index (χ0n) is 13.2. The molecule has 2 unspecified atom stereocenters. The van der Waals surface area contributed by atoms with Gasteiger partial charge in [0.05, 0.1) is 23.4 Å². The topological polar surface area (TPSA) is 67.6 Å². The van der Waals surface area contributed by atoms with Gasteiger partial charge < -0.3 is 20.7 Å². The maximum absolute atomic E-state index is 12.7. The quantitative estimate of drug-likeness (QED) is 0.816. The lowest BCUT2D eigenvalue weighted by Crippen LogP contribution is -2.48. The fourth-order valence-corrected chi connectivity index (χ4v) is 4.31. The summed E-state index contributed by atoms with van der Waals surface area (Å²) in [7, 11) is 3.63. The minimum Gasteiger partial charge on any atom is -0.494 e. The van der Waals surface area contributed by atoms with Gasteiger partial charge in [-0.3, -0.25) is 4.79 Å². The molecule has 2 fully saturated rings. The van der Waals surface area contributed by atoms with E-state index < -0.39 is 0 Å². The van der Waals surface area contributed by atoms with Gasteiger partial charge in [0.2, 0.25) is 0 Å².